The normalized spacial score (nSPS) is 13.5. The molecule has 0 radical (unpaired) electrons. The first-order valence-corrected chi connectivity index (χ1v) is 4.68. The smallest absolute Gasteiger partial charge is 0.335 e. The van der Waals surface area contributed by atoms with Crippen molar-refractivity contribution >= 4 is 9.84 Å². The summed E-state index contributed by atoms with van der Waals surface area (Å²) >= 11 is 0. The predicted molar refractivity (Wildman–Crippen MR) is 36.7 cm³/mol. The maximum absolute atomic E-state index is 12.5. The van der Waals surface area contributed by atoms with E-state index in [4.69, 9.17) is 0 Å². The van der Waals surface area contributed by atoms with Crippen LogP contribution in [-0.2, 0) is 9.84 Å². The molecule has 0 saturated carbocycles. The highest BCUT2D eigenvalue weighted by Crippen LogP contribution is 2.32. The van der Waals surface area contributed by atoms with Crippen molar-refractivity contribution < 1.29 is 26.0 Å². The first-order valence-electron chi connectivity index (χ1n) is 3.20. The highest BCUT2D eigenvalue weighted by atomic mass is 32.2. The molecule has 0 aliphatic carbocycles. The zero-order chi connectivity index (χ0) is 11.0. The highest BCUT2D eigenvalue weighted by molar-refractivity contribution is 7.92. The SMILES string of the molecule is O=S(=O)(c1ncc[nH]1)C(F)(F)C(F)F. The molecule has 0 aliphatic heterocycles. The molecule has 0 atom stereocenters. The second-order valence-corrected chi connectivity index (χ2v) is 4.20. The fraction of sp³-hybridized carbons (Fsp3) is 0.400. The summed E-state index contributed by atoms with van der Waals surface area (Å²) in [5.74, 6) is 0. The number of aromatic amines is 1. The third-order valence-electron chi connectivity index (χ3n) is 1.34. The van der Waals surface area contributed by atoms with E-state index >= 15 is 0 Å². The molecule has 0 unspecified atom stereocenters. The Morgan fingerprint density at radius 3 is 2.36 bits per heavy atom. The van der Waals surface area contributed by atoms with E-state index in [1.807, 2.05) is 4.98 Å². The number of rotatable bonds is 3. The lowest BCUT2D eigenvalue weighted by atomic mass is 10.7. The van der Waals surface area contributed by atoms with Gasteiger partial charge >= 0.3 is 11.7 Å². The van der Waals surface area contributed by atoms with E-state index in [0.29, 0.717) is 0 Å². The zero-order valence-corrected chi connectivity index (χ0v) is 7.23. The number of aromatic nitrogens is 2. The molecule has 1 aromatic rings. The summed E-state index contributed by atoms with van der Waals surface area (Å²) < 4.78 is 70.1. The average molecular weight is 232 g/mol. The number of imidazole rings is 1. The summed E-state index contributed by atoms with van der Waals surface area (Å²) in [5.41, 5.74) is 0. The van der Waals surface area contributed by atoms with Crippen LogP contribution in [0.15, 0.2) is 17.6 Å². The number of hydrogen-bond donors (Lipinski definition) is 1. The summed E-state index contributed by atoms with van der Waals surface area (Å²) in [6, 6.07) is 0. The summed E-state index contributed by atoms with van der Waals surface area (Å²) in [7, 11) is -5.44. The lowest BCUT2D eigenvalue weighted by Gasteiger charge is -2.13. The van der Waals surface area contributed by atoms with Crippen LogP contribution in [0.4, 0.5) is 17.6 Å². The lowest BCUT2D eigenvalue weighted by Crippen LogP contribution is -2.37. The van der Waals surface area contributed by atoms with Gasteiger partial charge in [0.25, 0.3) is 9.84 Å². The minimum atomic E-state index is -5.44. The van der Waals surface area contributed by atoms with E-state index in [-0.39, 0.29) is 0 Å². The topological polar surface area (TPSA) is 62.8 Å². The lowest BCUT2D eigenvalue weighted by molar-refractivity contribution is -0.0639. The van der Waals surface area contributed by atoms with Gasteiger partial charge in [-0.25, -0.2) is 22.2 Å². The first kappa shape index (κ1) is 11.0. The fourth-order valence-corrected chi connectivity index (χ4v) is 1.56. The van der Waals surface area contributed by atoms with Gasteiger partial charge in [-0.05, 0) is 0 Å². The van der Waals surface area contributed by atoms with Gasteiger partial charge in [-0.2, -0.15) is 8.78 Å². The average Bonchev–Trinajstić information content (AvgIpc) is 2.55. The van der Waals surface area contributed by atoms with Crippen molar-refractivity contribution in [2.45, 2.75) is 16.8 Å². The van der Waals surface area contributed by atoms with Gasteiger partial charge in [-0.1, -0.05) is 0 Å². The molecule has 0 fully saturated rings. The Morgan fingerprint density at radius 2 is 2.00 bits per heavy atom. The van der Waals surface area contributed by atoms with Crippen molar-refractivity contribution in [2.75, 3.05) is 0 Å². The van der Waals surface area contributed by atoms with Crippen molar-refractivity contribution in [3.05, 3.63) is 12.4 Å². The quantitative estimate of drug-likeness (QED) is 0.792. The number of alkyl halides is 4. The largest absolute Gasteiger partial charge is 0.411 e. The number of hydrogen-bond acceptors (Lipinski definition) is 3. The fourth-order valence-electron chi connectivity index (χ4n) is 0.644. The molecule has 0 aliphatic rings. The molecule has 1 N–H and O–H groups in total. The van der Waals surface area contributed by atoms with Gasteiger partial charge in [0, 0.05) is 12.4 Å². The van der Waals surface area contributed by atoms with Crippen LogP contribution >= 0.6 is 0 Å². The van der Waals surface area contributed by atoms with Crippen molar-refractivity contribution in [1.29, 1.82) is 0 Å². The van der Waals surface area contributed by atoms with Crippen LogP contribution in [0.2, 0.25) is 0 Å². The van der Waals surface area contributed by atoms with Crippen LogP contribution in [-0.4, -0.2) is 30.1 Å². The minimum absolute atomic E-state index is 0.869. The molecule has 0 bridgehead atoms. The molecule has 14 heavy (non-hydrogen) atoms. The monoisotopic (exact) mass is 232 g/mol. The number of halogens is 4. The number of nitrogens with one attached hydrogen (secondary N) is 1. The zero-order valence-electron chi connectivity index (χ0n) is 6.42. The second-order valence-electron chi connectivity index (χ2n) is 2.26. The van der Waals surface area contributed by atoms with Crippen LogP contribution < -0.4 is 0 Å². The predicted octanol–water partition coefficient (Wildman–Crippen LogP) is 1.04. The van der Waals surface area contributed by atoms with E-state index in [1.165, 1.54) is 0 Å². The minimum Gasteiger partial charge on any atom is -0.335 e. The molecule has 0 saturated heterocycles. The van der Waals surface area contributed by atoms with Crippen molar-refractivity contribution in [1.82, 2.24) is 9.97 Å². The third kappa shape index (κ3) is 1.47. The van der Waals surface area contributed by atoms with Crippen molar-refractivity contribution in [3.63, 3.8) is 0 Å². The molecule has 1 aromatic heterocycles. The van der Waals surface area contributed by atoms with Crippen LogP contribution in [0.25, 0.3) is 0 Å². The summed E-state index contributed by atoms with van der Waals surface area (Å²) in [5, 5.41) is -6.31. The third-order valence-corrected chi connectivity index (χ3v) is 2.97. The number of sulfone groups is 1. The number of nitrogens with zero attached hydrogens (tertiary/aromatic N) is 1. The molecule has 0 amide bonds. The Morgan fingerprint density at radius 1 is 1.43 bits per heavy atom. The molecule has 1 heterocycles. The van der Waals surface area contributed by atoms with Gasteiger partial charge in [0.2, 0.25) is 5.16 Å². The van der Waals surface area contributed by atoms with E-state index in [2.05, 4.69) is 4.98 Å². The first-order chi connectivity index (χ1) is 6.30. The van der Waals surface area contributed by atoms with Crippen molar-refractivity contribution in [3.8, 4) is 0 Å². The molecular formula is C5H4F4N2O2S. The molecule has 9 heteroatoms. The van der Waals surface area contributed by atoms with Crippen LogP contribution in [0, 0.1) is 0 Å². The van der Waals surface area contributed by atoms with E-state index < -0.39 is 26.7 Å². The van der Waals surface area contributed by atoms with Crippen LogP contribution in [0.3, 0.4) is 0 Å². The summed E-state index contributed by atoms with van der Waals surface area (Å²) in [6.45, 7) is 0. The number of H-pyrrole nitrogens is 1. The maximum Gasteiger partial charge on any atom is 0.411 e. The van der Waals surface area contributed by atoms with Crippen LogP contribution in [0.5, 0.6) is 0 Å². The van der Waals surface area contributed by atoms with Crippen molar-refractivity contribution in [2.24, 2.45) is 0 Å². The molecule has 0 aromatic carbocycles. The molecule has 0 spiro atoms. The van der Waals surface area contributed by atoms with E-state index in [9.17, 15) is 26.0 Å². The second kappa shape index (κ2) is 3.23. The van der Waals surface area contributed by atoms with Gasteiger partial charge in [0.1, 0.15) is 0 Å². The van der Waals surface area contributed by atoms with Gasteiger partial charge in [0.15, 0.2) is 0 Å². The Hall–Kier alpha value is -1.12. The Bertz CT molecular complexity index is 399. The van der Waals surface area contributed by atoms with E-state index in [0.717, 1.165) is 12.4 Å². The van der Waals surface area contributed by atoms with Gasteiger partial charge in [0.05, 0.1) is 0 Å². The highest BCUT2D eigenvalue weighted by Gasteiger charge is 2.56. The molecule has 1 rings (SSSR count). The molecule has 4 nitrogen and oxygen atoms in total. The Kier molecular flexibility index (Phi) is 2.52. The van der Waals surface area contributed by atoms with E-state index in [1.54, 1.807) is 0 Å². The molecule has 80 valence electrons. The van der Waals surface area contributed by atoms with Gasteiger partial charge in [-0.15, -0.1) is 0 Å². The standard InChI is InChI=1S/C5H4F4N2O2S/c6-3(7)5(8,9)14(12,13)4-10-1-2-11-4/h1-3H,(H,10,11). The maximum atomic E-state index is 12.5. The summed E-state index contributed by atoms with van der Waals surface area (Å²) in [4.78, 5) is 4.81. The Balaban J connectivity index is 3.22. The van der Waals surface area contributed by atoms with Crippen LogP contribution in [0.1, 0.15) is 0 Å². The molecular weight excluding hydrogens is 228 g/mol. The summed E-state index contributed by atoms with van der Waals surface area (Å²) in [6.07, 6.45) is -2.49. The Labute approximate surface area is 75.9 Å². The van der Waals surface area contributed by atoms with Gasteiger partial charge < -0.3 is 4.98 Å². The van der Waals surface area contributed by atoms with Gasteiger partial charge in [-0.3, -0.25) is 0 Å².